The molecule has 4 rings (SSSR count). The van der Waals surface area contributed by atoms with Gasteiger partial charge in [0.05, 0.1) is 17.5 Å². The molecule has 0 bridgehead atoms. The summed E-state index contributed by atoms with van der Waals surface area (Å²) in [6.07, 6.45) is 5.88. The molecule has 1 aliphatic rings. The summed E-state index contributed by atoms with van der Waals surface area (Å²) in [6, 6.07) is 5.08. The predicted molar refractivity (Wildman–Crippen MR) is 87.4 cm³/mol. The molecule has 1 aliphatic heterocycles. The lowest BCUT2D eigenvalue weighted by Gasteiger charge is -2.15. The number of nitrogens with zero attached hydrogens (tertiary/aromatic N) is 4. The molecule has 1 saturated heterocycles. The number of benzene rings is 1. The normalized spacial score (nSPS) is 17.8. The number of fused-ring (bicyclic) bond motifs is 1. The standard InChI is InChI=1S/C16H15FN4OS/c17-12-2-1-3-13-15(12)20-16(23-13)21-7-4-11(9-21)10-22-14-8-18-5-6-19-14/h1-3,5-6,8,11H,4,7,9-10H2. The molecular formula is C16H15FN4OS. The summed E-state index contributed by atoms with van der Waals surface area (Å²) in [5.74, 6) is 0.702. The Kier molecular flexibility index (Phi) is 3.78. The van der Waals surface area contributed by atoms with Crippen molar-refractivity contribution in [1.82, 2.24) is 15.0 Å². The average Bonchev–Trinajstić information content (AvgIpc) is 3.21. The van der Waals surface area contributed by atoms with Crippen molar-refractivity contribution >= 4 is 26.7 Å². The molecule has 2 aromatic heterocycles. The van der Waals surface area contributed by atoms with Crippen LogP contribution in [0.3, 0.4) is 0 Å². The highest BCUT2D eigenvalue weighted by Gasteiger charge is 2.26. The lowest BCUT2D eigenvalue weighted by Crippen LogP contribution is -2.21. The van der Waals surface area contributed by atoms with Gasteiger partial charge in [-0.15, -0.1) is 0 Å². The molecular weight excluding hydrogens is 315 g/mol. The second-order valence-corrected chi connectivity index (χ2v) is 6.55. The van der Waals surface area contributed by atoms with Crippen molar-refractivity contribution in [2.45, 2.75) is 6.42 Å². The zero-order chi connectivity index (χ0) is 15.6. The van der Waals surface area contributed by atoms with Gasteiger partial charge < -0.3 is 9.64 Å². The Morgan fingerprint density at radius 2 is 2.30 bits per heavy atom. The van der Waals surface area contributed by atoms with E-state index in [-0.39, 0.29) is 5.82 Å². The lowest BCUT2D eigenvalue weighted by molar-refractivity contribution is 0.251. The highest BCUT2D eigenvalue weighted by molar-refractivity contribution is 7.22. The first-order chi connectivity index (χ1) is 11.3. The van der Waals surface area contributed by atoms with Crippen LogP contribution in [0.15, 0.2) is 36.8 Å². The zero-order valence-corrected chi connectivity index (χ0v) is 13.2. The van der Waals surface area contributed by atoms with Crippen molar-refractivity contribution in [3.8, 4) is 5.88 Å². The van der Waals surface area contributed by atoms with Crippen LogP contribution < -0.4 is 9.64 Å². The molecule has 0 radical (unpaired) electrons. The van der Waals surface area contributed by atoms with Crippen molar-refractivity contribution in [2.75, 3.05) is 24.6 Å². The number of hydrogen-bond donors (Lipinski definition) is 0. The molecule has 3 aromatic rings. The van der Waals surface area contributed by atoms with Crippen LogP contribution in [0.5, 0.6) is 5.88 Å². The van der Waals surface area contributed by atoms with E-state index in [1.165, 1.54) is 17.4 Å². The maximum Gasteiger partial charge on any atom is 0.232 e. The number of rotatable bonds is 4. The minimum Gasteiger partial charge on any atom is -0.476 e. The van der Waals surface area contributed by atoms with Gasteiger partial charge in [0.25, 0.3) is 0 Å². The summed E-state index contributed by atoms with van der Waals surface area (Å²) in [6.45, 7) is 2.38. The molecule has 1 atom stereocenters. The molecule has 0 N–H and O–H groups in total. The van der Waals surface area contributed by atoms with E-state index in [9.17, 15) is 4.39 Å². The molecule has 5 nitrogen and oxygen atoms in total. The highest BCUT2D eigenvalue weighted by atomic mass is 32.1. The highest BCUT2D eigenvalue weighted by Crippen LogP contribution is 2.33. The summed E-state index contributed by atoms with van der Waals surface area (Å²) in [5, 5.41) is 0.882. The summed E-state index contributed by atoms with van der Waals surface area (Å²) in [5.41, 5.74) is 0.465. The van der Waals surface area contributed by atoms with E-state index in [1.54, 1.807) is 24.7 Å². The molecule has 0 saturated carbocycles. The maximum atomic E-state index is 13.8. The SMILES string of the molecule is Fc1cccc2sc(N3CCC(COc4cnccn4)C3)nc12. The number of anilines is 1. The molecule has 0 spiro atoms. The number of ether oxygens (including phenoxy) is 1. The first kappa shape index (κ1) is 14.3. The maximum absolute atomic E-state index is 13.8. The van der Waals surface area contributed by atoms with Gasteiger partial charge in [0.1, 0.15) is 11.3 Å². The van der Waals surface area contributed by atoms with E-state index in [1.807, 2.05) is 6.07 Å². The van der Waals surface area contributed by atoms with Gasteiger partial charge in [0, 0.05) is 31.4 Å². The van der Waals surface area contributed by atoms with E-state index in [2.05, 4.69) is 19.9 Å². The van der Waals surface area contributed by atoms with E-state index >= 15 is 0 Å². The Hall–Kier alpha value is -2.28. The van der Waals surface area contributed by atoms with Crippen LogP contribution in [-0.4, -0.2) is 34.6 Å². The average molecular weight is 330 g/mol. The van der Waals surface area contributed by atoms with Crippen molar-refractivity contribution in [3.05, 3.63) is 42.6 Å². The molecule has 118 valence electrons. The summed E-state index contributed by atoms with van der Waals surface area (Å²) >= 11 is 1.54. The quantitative estimate of drug-likeness (QED) is 0.735. The minimum atomic E-state index is -0.258. The van der Waals surface area contributed by atoms with Gasteiger partial charge in [0.2, 0.25) is 5.88 Å². The van der Waals surface area contributed by atoms with Crippen molar-refractivity contribution in [1.29, 1.82) is 0 Å². The lowest BCUT2D eigenvalue weighted by atomic mass is 10.1. The van der Waals surface area contributed by atoms with Crippen LogP contribution in [0.2, 0.25) is 0 Å². The Balaban J connectivity index is 1.42. The molecule has 23 heavy (non-hydrogen) atoms. The molecule has 3 heterocycles. The molecule has 1 aromatic carbocycles. The van der Waals surface area contributed by atoms with E-state index in [0.717, 1.165) is 29.3 Å². The van der Waals surface area contributed by atoms with Gasteiger partial charge >= 0.3 is 0 Å². The van der Waals surface area contributed by atoms with Gasteiger partial charge in [-0.25, -0.2) is 14.4 Å². The molecule has 0 amide bonds. The van der Waals surface area contributed by atoms with Gasteiger partial charge in [0.15, 0.2) is 5.13 Å². The second-order valence-electron chi connectivity index (χ2n) is 5.54. The summed E-state index contributed by atoms with van der Waals surface area (Å²) in [7, 11) is 0. The minimum absolute atomic E-state index is 0.258. The topological polar surface area (TPSA) is 51.1 Å². The number of hydrogen-bond acceptors (Lipinski definition) is 6. The number of halogens is 1. The van der Waals surface area contributed by atoms with Gasteiger partial charge in [-0.3, -0.25) is 4.98 Å². The van der Waals surface area contributed by atoms with Gasteiger partial charge in [-0.2, -0.15) is 0 Å². The summed E-state index contributed by atoms with van der Waals surface area (Å²) < 4.78 is 20.3. The van der Waals surface area contributed by atoms with Crippen LogP contribution in [0.4, 0.5) is 9.52 Å². The number of aromatic nitrogens is 3. The van der Waals surface area contributed by atoms with Crippen LogP contribution >= 0.6 is 11.3 Å². The smallest absolute Gasteiger partial charge is 0.232 e. The van der Waals surface area contributed by atoms with Gasteiger partial charge in [-0.05, 0) is 18.6 Å². The summed E-state index contributed by atoms with van der Waals surface area (Å²) in [4.78, 5) is 14.7. The Morgan fingerprint density at radius 1 is 1.35 bits per heavy atom. The third kappa shape index (κ3) is 2.96. The first-order valence-corrected chi connectivity index (χ1v) is 8.30. The third-order valence-corrected chi connectivity index (χ3v) is 5.00. The van der Waals surface area contributed by atoms with E-state index < -0.39 is 0 Å². The van der Waals surface area contributed by atoms with Crippen LogP contribution in [0, 0.1) is 11.7 Å². The van der Waals surface area contributed by atoms with Crippen molar-refractivity contribution < 1.29 is 9.13 Å². The molecule has 1 fully saturated rings. The van der Waals surface area contributed by atoms with Crippen LogP contribution in [0.25, 0.3) is 10.2 Å². The fourth-order valence-electron chi connectivity index (χ4n) is 2.74. The molecule has 7 heteroatoms. The fraction of sp³-hybridized carbons (Fsp3) is 0.312. The Labute approximate surface area is 136 Å². The Bertz CT molecular complexity index is 810. The van der Waals surface area contributed by atoms with E-state index in [0.29, 0.717) is 23.9 Å². The van der Waals surface area contributed by atoms with E-state index in [4.69, 9.17) is 4.74 Å². The predicted octanol–water partition coefficient (Wildman–Crippen LogP) is 3.13. The van der Waals surface area contributed by atoms with Gasteiger partial charge in [-0.1, -0.05) is 17.4 Å². The zero-order valence-electron chi connectivity index (χ0n) is 12.4. The Morgan fingerprint density at radius 3 is 3.13 bits per heavy atom. The third-order valence-electron chi connectivity index (χ3n) is 3.92. The number of para-hydroxylation sites is 1. The monoisotopic (exact) mass is 330 g/mol. The van der Waals surface area contributed by atoms with Crippen molar-refractivity contribution in [3.63, 3.8) is 0 Å². The van der Waals surface area contributed by atoms with Crippen LogP contribution in [0.1, 0.15) is 6.42 Å². The fourth-order valence-corrected chi connectivity index (χ4v) is 3.76. The largest absolute Gasteiger partial charge is 0.476 e. The first-order valence-electron chi connectivity index (χ1n) is 7.48. The second kappa shape index (κ2) is 6.08. The van der Waals surface area contributed by atoms with Crippen LogP contribution in [-0.2, 0) is 0 Å². The molecule has 1 unspecified atom stereocenters. The molecule has 0 aliphatic carbocycles. The number of thiazole rings is 1. The van der Waals surface area contributed by atoms with Crippen molar-refractivity contribution in [2.24, 2.45) is 5.92 Å².